The molecule has 1 aliphatic rings. The van der Waals surface area contributed by atoms with E-state index in [1.165, 1.54) is 0 Å². The van der Waals surface area contributed by atoms with Crippen LogP contribution in [0.15, 0.2) is 0 Å². The molecule has 1 fully saturated rings. The molecule has 2 amide bonds. The van der Waals surface area contributed by atoms with Gasteiger partial charge in [0.1, 0.15) is 5.60 Å². The van der Waals surface area contributed by atoms with E-state index in [2.05, 4.69) is 5.43 Å². The highest BCUT2D eigenvalue weighted by Gasteiger charge is 2.30. The van der Waals surface area contributed by atoms with Gasteiger partial charge in [-0.25, -0.2) is 10.6 Å². The van der Waals surface area contributed by atoms with Crippen molar-refractivity contribution in [1.82, 2.24) is 10.3 Å². The van der Waals surface area contributed by atoms with E-state index in [-0.39, 0.29) is 18.0 Å². The molecule has 0 aromatic carbocycles. The third-order valence-corrected chi connectivity index (χ3v) is 3.12. The highest BCUT2D eigenvalue weighted by molar-refractivity contribution is 5.75. The summed E-state index contributed by atoms with van der Waals surface area (Å²) in [7, 11) is 0. The highest BCUT2D eigenvalue weighted by Crippen LogP contribution is 2.23. The number of nitrogens with two attached hydrogens (primary N) is 1. The van der Waals surface area contributed by atoms with Crippen molar-refractivity contribution in [3.8, 4) is 0 Å². The molecule has 1 aliphatic heterocycles. The van der Waals surface area contributed by atoms with Crippen molar-refractivity contribution in [1.29, 1.82) is 0 Å². The van der Waals surface area contributed by atoms with Crippen molar-refractivity contribution < 1.29 is 14.3 Å². The third kappa shape index (κ3) is 5.46. The summed E-state index contributed by atoms with van der Waals surface area (Å²) >= 11 is 0. The molecule has 110 valence electrons. The Hall–Kier alpha value is -1.30. The highest BCUT2D eigenvalue weighted by atomic mass is 16.6. The van der Waals surface area contributed by atoms with E-state index in [4.69, 9.17) is 10.6 Å². The van der Waals surface area contributed by atoms with Crippen LogP contribution < -0.4 is 11.3 Å². The smallest absolute Gasteiger partial charge is 0.410 e. The Morgan fingerprint density at radius 2 is 2.05 bits per heavy atom. The largest absolute Gasteiger partial charge is 0.444 e. The zero-order valence-electron chi connectivity index (χ0n) is 12.1. The number of hydrogen-bond acceptors (Lipinski definition) is 4. The molecule has 6 nitrogen and oxygen atoms in total. The van der Waals surface area contributed by atoms with Crippen molar-refractivity contribution in [3.63, 3.8) is 0 Å². The number of ether oxygens (including phenoxy) is 1. The van der Waals surface area contributed by atoms with Gasteiger partial charge in [-0.05, 0) is 46.5 Å². The average molecular weight is 271 g/mol. The molecule has 0 aromatic rings. The maximum atomic E-state index is 12.1. The molecular weight excluding hydrogens is 246 g/mol. The molecule has 1 atom stereocenters. The van der Waals surface area contributed by atoms with Crippen LogP contribution in [0.1, 0.15) is 52.9 Å². The van der Waals surface area contributed by atoms with Gasteiger partial charge in [-0.15, -0.1) is 0 Å². The van der Waals surface area contributed by atoms with E-state index in [0.29, 0.717) is 19.4 Å². The van der Waals surface area contributed by atoms with Gasteiger partial charge in [-0.3, -0.25) is 10.2 Å². The average Bonchev–Trinajstić information content (AvgIpc) is 2.34. The molecule has 0 bridgehead atoms. The monoisotopic (exact) mass is 271 g/mol. The van der Waals surface area contributed by atoms with Gasteiger partial charge in [-0.2, -0.15) is 0 Å². The van der Waals surface area contributed by atoms with Crippen LogP contribution in [0.4, 0.5) is 4.79 Å². The minimum atomic E-state index is -0.492. The standard InChI is InChI=1S/C13H25N3O3/c1-13(2,3)19-12(18)16-9-5-4-6-10(16)7-8-11(17)15-14/h10H,4-9,14H2,1-3H3,(H,15,17). The lowest BCUT2D eigenvalue weighted by Gasteiger charge is -2.36. The first kappa shape index (κ1) is 15.8. The number of hydrogen-bond donors (Lipinski definition) is 2. The Bertz CT molecular complexity index is 326. The quantitative estimate of drug-likeness (QED) is 0.463. The third-order valence-electron chi connectivity index (χ3n) is 3.12. The summed E-state index contributed by atoms with van der Waals surface area (Å²) in [4.78, 5) is 25.1. The molecule has 0 spiro atoms. The zero-order chi connectivity index (χ0) is 14.5. The second kappa shape index (κ2) is 6.75. The topological polar surface area (TPSA) is 84.7 Å². The molecule has 1 unspecified atom stereocenters. The van der Waals surface area contributed by atoms with Crippen molar-refractivity contribution in [3.05, 3.63) is 0 Å². The lowest BCUT2D eigenvalue weighted by molar-refractivity contribution is -0.121. The van der Waals surface area contributed by atoms with E-state index in [0.717, 1.165) is 19.3 Å². The van der Waals surface area contributed by atoms with Crippen molar-refractivity contribution in [2.45, 2.75) is 64.5 Å². The van der Waals surface area contributed by atoms with Gasteiger partial charge in [-0.1, -0.05) is 0 Å². The lowest BCUT2D eigenvalue weighted by atomic mass is 9.98. The minimum Gasteiger partial charge on any atom is -0.444 e. The maximum Gasteiger partial charge on any atom is 0.410 e. The predicted molar refractivity (Wildman–Crippen MR) is 72.1 cm³/mol. The fourth-order valence-electron chi connectivity index (χ4n) is 2.23. The zero-order valence-corrected chi connectivity index (χ0v) is 12.1. The molecule has 0 saturated carbocycles. The number of likely N-dealkylation sites (tertiary alicyclic amines) is 1. The number of hydrazine groups is 1. The Balaban J connectivity index is 2.56. The van der Waals surface area contributed by atoms with Gasteiger partial charge in [0.15, 0.2) is 0 Å². The summed E-state index contributed by atoms with van der Waals surface area (Å²) in [6.45, 7) is 6.26. The van der Waals surface area contributed by atoms with Crippen molar-refractivity contribution in [2.24, 2.45) is 5.84 Å². The van der Waals surface area contributed by atoms with E-state index in [9.17, 15) is 9.59 Å². The van der Waals surface area contributed by atoms with Crippen LogP contribution in [-0.4, -0.2) is 35.1 Å². The van der Waals surface area contributed by atoms with Crippen LogP contribution in [0.5, 0.6) is 0 Å². The van der Waals surface area contributed by atoms with Crippen molar-refractivity contribution >= 4 is 12.0 Å². The van der Waals surface area contributed by atoms with E-state index >= 15 is 0 Å². The number of nitrogens with one attached hydrogen (secondary N) is 1. The number of amides is 2. The van der Waals surface area contributed by atoms with Gasteiger partial charge < -0.3 is 9.64 Å². The van der Waals surface area contributed by atoms with Gasteiger partial charge >= 0.3 is 6.09 Å². The summed E-state index contributed by atoms with van der Waals surface area (Å²) in [5.41, 5.74) is 1.62. The molecule has 3 N–H and O–H groups in total. The molecular formula is C13H25N3O3. The van der Waals surface area contributed by atoms with E-state index in [1.54, 1.807) is 4.90 Å². The molecule has 1 rings (SSSR count). The summed E-state index contributed by atoms with van der Waals surface area (Å²) in [6.07, 6.45) is 3.65. The fourth-order valence-corrected chi connectivity index (χ4v) is 2.23. The molecule has 1 heterocycles. The predicted octanol–water partition coefficient (Wildman–Crippen LogP) is 1.55. The summed E-state index contributed by atoms with van der Waals surface area (Å²) in [6, 6.07) is 0.0703. The molecule has 6 heteroatoms. The fraction of sp³-hybridized carbons (Fsp3) is 0.846. The Labute approximate surface area is 114 Å². The maximum absolute atomic E-state index is 12.1. The Morgan fingerprint density at radius 1 is 1.37 bits per heavy atom. The normalized spacial score (nSPS) is 20.0. The van der Waals surface area contributed by atoms with Crippen LogP contribution in [0, 0.1) is 0 Å². The molecule has 19 heavy (non-hydrogen) atoms. The second-order valence-corrected chi connectivity index (χ2v) is 5.93. The van der Waals surface area contributed by atoms with Gasteiger partial charge in [0.2, 0.25) is 5.91 Å². The van der Waals surface area contributed by atoms with Crippen LogP contribution in [0.3, 0.4) is 0 Å². The number of nitrogens with zero attached hydrogens (tertiary/aromatic N) is 1. The first-order valence-corrected chi connectivity index (χ1v) is 6.82. The Kier molecular flexibility index (Phi) is 5.60. The molecule has 1 saturated heterocycles. The van der Waals surface area contributed by atoms with Crippen LogP contribution in [-0.2, 0) is 9.53 Å². The van der Waals surface area contributed by atoms with Gasteiger partial charge in [0.05, 0.1) is 0 Å². The summed E-state index contributed by atoms with van der Waals surface area (Å²) in [5, 5.41) is 0. The molecule has 0 radical (unpaired) electrons. The SMILES string of the molecule is CC(C)(C)OC(=O)N1CCCCC1CCC(=O)NN. The van der Waals surface area contributed by atoms with Crippen LogP contribution >= 0.6 is 0 Å². The Morgan fingerprint density at radius 3 is 2.63 bits per heavy atom. The summed E-state index contributed by atoms with van der Waals surface area (Å²) in [5.74, 6) is 4.86. The lowest BCUT2D eigenvalue weighted by Crippen LogP contribution is -2.46. The summed E-state index contributed by atoms with van der Waals surface area (Å²) < 4.78 is 5.40. The number of carbonyl (C=O) groups is 2. The number of carbonyl (C=O) groups excluding carboxylic acids is 2. The second-order valence-electron chi connectivity index (χ2n) is 5.93. The van der Waals surface area contributed by atoms with Gasteiger partial charge in [0, 0.05) is 19.0 Å². The molecule has 0 aromatic heterocycles. The number of rotatable bonds is 3. The van der Waals surface area contributed by atoms with Gasteiger partial charge in [0.25, 0.3) is 0 Å². The number of piperidine rings is 1. The van der Waals surface area contributed by atoms with E-state index < -0.39 is 5.60 Å². The van der Waals surface area contributed by atoms with Crippen LogP contribution in [0.2, 0.25) is 0 Å². The first-order valence-electron chi connectivity index (χ1n) is 6.82. The van der Waals surface area contributed by atoms with E-state index in [1.807, 2.05) is 20.8 Å². The first-order chi connectivity index (χ1) is 8.83. The minimum absolute atomic E-state index is 0.0703. The van der Waals surface area contributed by atoms with Crippen LogP contribution in [0.25, 0.3) is 0 Å². The van der Waals surface area contributed by atoms with Crippen molar-refractivity contribution in [2.75, 3.05) is 6.54 Å². The molecule has 0 aliphatic carbocycles.